The van der Waals surface area contributed by atoms with Gasteiger partial charge in [-0.2, -0.15) is 0 Å². The van der Waals surface area contributed by atoms with Gasteiger partial charge in [0.25, 0.3) is 5.91 Å². The molecular weight excluding hydrogens is 448 g/mol. The van der Waals surface area contributed by atoms with Crippen LogP contribution in [0.2, 0.25) is 0 Å². The third kappa shape index (κ3) is 4.25. The second-order valence-electron chi connectivity index (χ2n) is 9.13. The summed E-state index contributed by atoms with van der Waals surface area (Å²) in [5, 5.41) is 8.63. The largest absolute Gasteiger partial charge is 0.349 e. The lowest BCUT2D eigenvalue weighted by Crippen LogP contribution is -2.42. The van der Waals surface area contributed by atoms with Crippen LogP contribution in [0.1, 0.15) is 34.6 Å². The van der Waals surface area contributed by atoms with Gasteiger partial charge in [-0.25, -0.2) is 4.98 Å². The van der Waals surface area contributed by atoms with Crippen LogP contribution < -0.4 is 10.6 Å². The van der Waals surface area contributed by atoms with Crippen molar-refractivity contribution in [2.75, 3.05) is 13.1 Å². The molecule has 3 aromatic heterocycles. The molecule has 0 aliphatic carbocycles. The fraction of sp³-hybridized carbons (Fsp3) is 0.172. The Morgan fingerprint density at radius 3 is 2.75 bits per heavy atom. The molecule has 5 aromatic rings. The van der Waals surface area contributed by atoms with E-state index in [4.69, 9.17) is 4.98 Å². The molecule has 4 heterocycles. The van der Waals surface area contributed by atoms with E-state index in [1.807, 2.05) is 60.9 Å². The summed E-state index contributed by atoms with van der Waals surface area (Å²) in [6.45, 7) is 6.17. The molecule has 1 aliphatic rings. The predicted molar refractivity (Wildman–Crippen MR) is 143 cm³/mol. The summed E-state index contributed by atoms with van der Waals surface area (Å²) in [5.41, 5.74) is 5.67. The first kappa shape index (κ1) is 22.1. The van der Waals surface area contributed by atoms with Gasteiger partial charge >= 0.3 is 0 Å². The molecule has 6 rings (SSSR count). The summed E-state index contributed by atoms with van der Waals surface area (Å²) in [5.74, 6) is 0.607. The minimum atomic E-state index is -0.0544. The standard InChI is InChI=1S/C29H26N6O/c1-18(19-8-13-32-26(14-19)24-17-31-16-21-4-2-3-5-23(21)24)28-34-25-7-6-20(15-27(25)35-28)29(36)33-22-9-11-30-12-10-22/h2-8,13-17,22,30H,1,9-12H2,(H,33,36)(H,34,35). The van der Waals surface area contributed by atoms with Crippen LogP contribution in [-0.2, 0) is 0 Å². The Morgan fingerprint density at radius 2 is 1.86 bits per heavy atom. The summed E-state index contributed by atoms with van der Waals surface area (Å²) in [6, 6.07) is 17.8. The van der Waals surface area contributed by atoms with Crippen LogP contribution >= 0.6 is 0 Å². The van der Waals surface area contributed by atoms with Gasteiger partial charge in [-0.15, -0.1) is 0 Å². The Balaban J connectivity index is 1.27. The van der Waals surface area contributed by atoms with Gasteiger partial charge in [-0.3, -0.25) is 14.8 Å². The molecule has 0 spiro atoms. The van der Waals surface area contributed by atoms with E-state index in [1.54, 1.807) is 6.20 Å². The van der Waals surface area contributed by atoms with E-state index in [0.29, 0.717) is 11.4 Å². The number of amides is 1. The number of rotatable bonds is 5. The average Bonchev–Trinajstić information content (AvgIpc) is 3.36. The van der Waals surface area contributed by atoms with Crippen molar-refractivity contribution < 1.29 is 4.79 Å². The summed E-state index contributed by atoms with van der Waals surface area (Å²) in [6.07, 6.45) is 7.38. The third-order valence-electron chi connectivity index (χ3n) is 6.76. The SMILES string of the molecule is C=C(c1ccnc(-c2cncc3ccccc23)c1)c1nc2ccc(C(=O)NC3CCNCC3)cc2[nH]1. The smallest absolute Gasteiger partial charge is 0.251 e. The molecule has 7 heteroatoms. The number of pyridine rings is 2. The van der Waals surface area contributed by atoms with Crippen molar-refractivity contribution in [3.63, 3.8) is 0 Å². The number of benzene rings is 2. The van der Waals surface area contributed by atoms with E-state index in [9.17, 15) is 4.79 Å². The second kappa shape index (κ2) is 9.36. The molecule has 0 unspecified atom stereocenters. The Kier molecular flexibility index (Phi) is 5.75. The second-order valence-corrected chi connectivity index (χ2v) is 9.13. The lowest BCUT2D eigenvalue weighted by molar-refractivity contribution is 0.0929. The van der Waals surface area contributed by atoms with E-state index in [2.05, 4.69) is 38.2 Å². The van der Waals surface area contributed by atoms with E-state index >= 15 is 0 Å². The zero-order valence-electron chi connectivity index (χ0n) is 19.8. The van der Waals surface area contributed by atoms with Crippen LogP contribution in [0.5, 0.6) is 0 Å². The van der Waals surface area contributed by atoms with Crippen LogP contribution in [0.15, 0.2) is 79.8 Å². The van der Waals surface area contributed by atoms with Crippen molar-refractivity contribution in [1.29, 1.82) is 0 Å². The van der Waals surface area contributed by atoms with E-state index in [-0.39, 0.29) is 11.9 Å². The fourth-order valence-electron chi connectivity index (χ4n) is 4.75. The first-order chi connectivity index (χ1) is 17.7. The fourth-order valence-corrected chi connectivity index (χ4v) is 4.75. The number of hydrogen-bond acceptors (Lipinski definition) is 5. The van der Waals surface area contributed by atoms with Gasteiger partial charge in [0, 0.05) is 46.7 Å². The predicted octanol–water partition coefficient (Wildman–Crippen LogP) is 4.72. The minimum Gasteiger partial charge on any atom is -0.349 e. The zero-order chi connectivity index (χ0) is 24.5. The third-order valence-corrected chi connectivity index (χ3v) is 6.76. The van der Waals surface area contributed by atoms with E-state index < -0.39 is 0 Å². The van der Waals surface area contributed by atoms with Crippen LogP contribution in [0.25, 0.3) is 38.6 Å². The molecule has 7 nitrogen and oxygen atoms in total. The van der Waals surface area contributed by atoms with Crippen LogP contribution in [0.3, 0.4) is 0 Å². The van der Waals surface area contributed by atoms with Gasteiger partial charge in [0.1, 0.15) is 5.82 Å². The molecule has 0 bridgehead atoms. The first-order valence-electron chi connectivity index (χ1n) is 12.2. The molecule has 0 radical (unpaired) electrons. The molecule has 0 atom stereocenters. The Hall–Kier alpha value is -4.36. The summed E-state index contributed by atoms with van der Waals surface area (Å²) < 4.78 is 0. The van der Waals surface area contributed by atoms with Crippen molar-refractivity contribution in [2.24, 2.45) is 0 Å². The Bertz CT molecular complexity index is 1590. The number of piperidine rings is 1. The highest BCUT2D eigenvalue weighted by atomic mass is 16.1. The lowest BCUT2D eigenvalue weighted by Gasteiger charge is -2.23. The monoisotopic (exact) mass is 474 g/mol. The van der Waals surface area contributed by atoms with Gasteiger partial charge < -0.3 is 15.6 Å². The number of nitrogens with one attached hydrogen (secondary N) is 3. The molecule has 1 saturated heterocycles. The van der Waals surface area contributed by atoms with Crippen molar-refractivity contribution in [3.05, 3.63) is 96.7 Å². The van der Waals surface area contributed by atoms with Gasteiger partial charge in [0.05, 0.1) is 16.7 Å². The number of aromatic nitrogens is 4. The number of hydrogen-bond donors (Lipinski definition) is 3. The van der Waals surface area contributed by atoms with Gasteiger partial charge in [0.15, 0.2) is 0 Å². The Morgan fingerprint density at radius 1 is 1.00 bits per heavy atom. The first-order valence-corrected chi connectivity index (χ1v) is 12.2. The number of aromatic amines is 1. The molecule has 1 aliphatic heterocycles. The molecular formula is C29H26N6O. The van der Waals surface area contributed by atoms with Crippen molar-refractivity contribution in [3.8, 4) is 11.3 Å². The highest BCUT2D eigenvalue weighted by molar-refractivity contribution is 5.98. The normalized spacial score (nSPS) is 14.2. The molecule has 3 N–H and O–H groups in total. The number of carbonyl (C=O) groups is 1. The van der Waals surface area contributed by atoms with Gasteiger partial charge in [-0.05, 0) is 67.2 Å². The molecule has 1 fully saturated rings. The van der Waals surface area contributed by atoms with Crippen LogP contribution in [0, 0.1) is 0 Å². The van der Waals surface area contributed by atoms with Crippen molar-refractivity contribution >= 4 is 33.3 Å². The van der Waals surface area contributed by atoms with Gasteiger partial charge in [-0.1, -0.05) is 30.8 Å². The molecule has 1 amide bonds. The van der Waals surface area contributed by atoms with Crippen LogP contribution in [-0.4, -0.2) is 45.0 Å². The van der Waals surface area contributed by atoms with Crippen LogP contribution in [0.4, 0.5) is 0 Å². The topological polar surface area (TPSA) is 95.6 Å². The molecule has 36 heavy (non-hydrogen) atoms. The molecule has 178 valence electrons. The van der Waals surface area contributed by atoms with Gasteiger partial charge in [0.2, 0.25) is 0 Å². The number of carbonyl (C=O) groups excluding carboxylic acids is 1. The number of imidazole rings is 1. The number of fused-ring (bicyclic) bond motifs is 2. The summed E-state index contributed by atoms with van der Waals surface area (Å²) in [7, 11) is 0. The number of nitrogens with zero attached hydrogens (tertiary/aromatic N) is 3. The lowest BCUT2D eigenvalue weighted by atomic mass is 10.0. The molecule has 0 saturated carbocycles. The van der Waals surface area contributed by atoms with E-state index in [1.165, 1.54) is 0 Å². The maximum absolute atomic E-state index is 12.8. The highest BCUT2D eigenvalue weighted by Crippen LogP contribution is 2.29. The summed E-state index contributed by atoms with van der Waals surface area (Å²) in [4.78, 5) is 29.9. The number of H-pyrrole nitrogens is 1. The molecule has 2 aromatic carbocycles. The van der Waals surface area contributed by atoms with Crippen molar-refractivity contribution in [2.45, 2.75) is 18.9 Å². The maximum Gasteiger partial charge on any atom is 0.251 e. The Labute approximate surface area is 208 Å². The minimum absolute atomic E-state index is 0.0544. The quantitative estimate of drug-likeness (QED) is 0.343. The maximum atomic E-state index is 12.8. The average molecular weight is 475 g/mol. The van der Waals surface area contributed by atoms with Crippen molar-refractivity contribution in [1.82, 2.24) is 30.6 Å². The summed E-state index contributed by atoms with van der Waals surface area (Å²) >= 11 is 0. The zero-order valence-corrected chi connectivity index (χ0v) is 19.8. The highest BCUT2D eigenvalue weighted by Gasteiger charge is 2.18. The van der Waals surface area contributed by atoms with E-state index in [0.717, 1.165) is 70.1 Å².